The molecule has 0 spiro atoms. The minimum atomic E-state index is 0.618. The number of nitrogens with zero attached hydrogens (tertiary/aromatic N) is 3. The molecular weight excluding hydrogens is 212 g/mol. The Morgan fingerprint density at radius 1 is 1.29 bits per heavy atom. The highest BCUT2D eigenvalue weighted by Gasteiger charge is 2.26. The summed E-state index contributed by atoms with van der Waals surface area (Å²) in [5, 5.41) is 12.1. The second-order valence-electron chi connectivity index (χ2n) is 5.44. The summed E-state index contributed by atoms with van der Waals surface area (Å²) >= 11 is 0. The molecule has 0 aromatic carbocycles. The second kappa shape index (κ2) is 4.77. The smallest absolute Gasteiger partial charge is 0.0997 e. The Balaban J connectivity index is 1.74. The molecule has 1 aliphatic heterocycles. The largest absolute Gasteiger partial charge is 0.311 e. The topological polar surface area (TPSA) is 42.7 Å². The van der Waals surface area contributed by atoms with Crippen molar-refractivity contribution in [2.45, 2.75) is 58.0 Å². The molecular formula is C13H22N4. The first-order chi connectivity index (χ1) is 8.38. The summed E-state index contributed by atoms with van der Waals surface area (Å²) < 4.78 is 2.24. The summed E-state index contributed by atoms with van der Waals surface area (Å²) in [6.45, 7) is 4.29. The molecule has 4 heteroatoms. The van der Waals surface area contributed by atoms with Crippen molar-refractivity contribution in [3.05, 3.63) is 11.4 Å². The van der Waals surface area contributed by atoms with Crippen LogP contribution in [0.4, 0.5) is 0 Å². The summed E-state index contributed by atoms with van der Waals surface area (Å²) in [7, 11) is 0. The number of rotatable bonds is 2. The van der Waals surface area contributed by atoms with Crippen LogP contribution in [0.15, 0.2) is 0 Å². The maximum atomic E-state index is 4.40. The fourth-order valence-corrected chi connectivity index (χ4v) is 3.25. The van der Waals surface area contributed by atoms with Gasteiger partial charge < -0.3 is 5.32 Å². The fraction of sp³-hybridized carbons (Fsp3) is 0.846. The van der Waals surface area contributed by atoms with Gasteiger partial charge in [0.25, 0.3) is 0 Å². The molecule has 0 radical (unpaired) electrons. The standard InChI is InChI=1S/C13H22N4/c1-2-10-3-5-11(6-4-10)17-13-7-8-14-9-12(13)15-16-17/h10-11,14H,2-9H2,1H3. The van der Waals surface area contributed by atoms with E-state index in [0.29, 0.717) is 6.04 Å². The van der Waals surface area contributed by atoms with Crippen LogP contribution in [0.3, 0.4) is 0 Å². The van der Waals surface area contributed by atoms with Gasteiger partial charge in [0.1, 0.15) is 0 Å². The highest BCUT2D eigenvalue weighted by molar-refractivity contribution is 5.14. The Labute approximate surface area is 103 Å². The Hall–Kier alpha value is -0.900. The first-order valence-corrected chi connectivity index (χ1v) is 7.02. The number of aromatic nitrogens is 3. The Morgan fingerprint density at radius 2 is 2.12 bits per heavy atom. The van der Waals surface area contributed by atoms with Gasteiger partial charge in [0, 0.05) is 19.5 Å². The maximum absolute atomic E-state index is 4.40. The van der Waals surface area contributed by atoms with Gasteiger partial charge in [0.2, 0.25) is 0 Å². The van der Waals surface area contributed by atoms with Gasteiger partial charge in [-0.25, -0.2) is 4.68 Å². The van der Waals surface area contributed by atoms with E-state index >= 15 is 0 Å². The Kier molecular flexibility index (Phi) is 3.14. The first kappa shape index (κ1) is 11.2. The van der Waals surface area contributed by atoms with Gasteiger partial charge in [-0.2, -0.15) is 0 Å². The third-order valence-electron chi connectivity index (χ3n) is 4.44. The molecule has 0 saturated heterocycles. The lowest BCUT2D eigenvalue weighted by Gasteiger charge is -2.29. The minimum Gasteiger partial charge on any atom is -0.311 e. The average Bonchev–Trinajstić information content (AvgIpc) is 2.83. The molecule has 0 atom stereocenters. The van der Waals surface area contributed by atoms with Crippen molar-refractivity contribution in [2.24, 2.45) is 5.92 Å². The molecule has 1 N–H and O–H groups in total. The van der Waals surface area contributed by atoms with Crippen LogP contribution >= 0.6 is 0 Å². The summed E-state index contributed by atoms with van der Waals surface area (Å²) in [6, 6.07) is 0.618. The highest BCUT2D eigenvalue weighted by Crippen LogP contribution is 2.34. The zero-order chi connectivity index (χ0) is 11.7. The minimum absolute atomic E-state index is 0.618. The molecule has 1 fully saturated rings. The van der Waals surface area contributed by atoms with Crippen LogP contribution < -0.4 is 5.32 Å². The molecule has 1 aromatic rings. The number of fused-ring (bicyclic) bond motifs is 1. The molecule has 17 heavy (non-hydrogen) atoms. The normalized spacial score (nSPS) is 29.0. The lowest BCUT2D eigenvalue weighted by Crippen LogP contribution is -2.27. The SMILES string of the molecule is CCC1CCC(n2nnc3c2CCNC3)CC1. The van der Waals surface area contributed by atoms with E-state index in [1.54, 1.807) is 0 Å². The van der Waals surface area contributed by atoms with Crippen molar-refractivity contribution in [1.82, 2.24) is 20.3 Å². The molecule has 1 aromatic heterocycles. The summed E-state index contributed by atoms with van der Waals surface area (Å²) in [5.74, 6) is 0.951. The molecule has 3 rings (SSSR count). The van der Waals surface area contributed by atoms with Crippen LogP contribution in [-0.4, -0.2) is 21.5 Å². The molecule has 94 valence electrons. The fourth-order valence-electron chi connectivity index (χ4n) is 3.25. The monoisotopic (exact) mass is 234 g/mol. The quantitative estimate of drug-likeness (QED) is 0.852. The summed E-state index contributed by atoms with van der Waals surface area (Å²) in [5.41, 5.74) is 2.57. The van der Waals surface area contributed by atoms with Crippen LogP contribution in [0.5, 0.6) is 0 Å². The van der Waals surface area contributed by atoms with Crippen molar-refractivity contribution in [2.75, 3.05) is 6.54 Å². The average molecular weight is 234 g/mol. The number of hydrogen-bond acceptors (Lipinski definition) is 3. The lowest BCUT2D eigenvalue weighted by atomic mass is 9.84. The van der Waals surface area contributed by atoms with Gasteiger partial charge in [-0.15, -0.1) is 5.10 Å². The molecule has 2 heterocycles. The van der Waals surface area contributed by atoms with Crippen LogP contribution in [0.25, 0.3) is 0 Å². The summed E-state index contributed by atoms with van der Waals surface area (Å²) in [6.07, 6.45) is 7.76. The maximum Gasteiger partial charge on any atom is 0.0997 e. The van der Waals surface area contributed by atoms with Crippen molar-refractivity contribution in [3.63, 3.8) is 0 Å². The van der Waals surface area contributed by atoms with E-state index in [1.165, 1.54) is 43.5 Å². The predicted molar refractivity (Wildman–Crippen MR) is 66.7 cm³/mol. The molecule has 0 bridgehead atoms. The molecule has 0 amide bonds. The van der Waals surface area contributed by atoms with E-state index in [-0.39, 0.29) is 0 Å². The van der Waals surface area contributed by atoms with Gasteiger partial charge >= 0.3 is 0 Å². The molecule has 4 nitrogen and oxygen atoms in total. The van der Waals surface area contributed by atoms with Crippen molar-refractivity contribution in [1.29, 1.82) is 0 Å². The van der Waals surface area contributed by atoms with E-state index in [1.807, 2.05) is 0 Å². The van der Waals surface area contributed by atoms with E-state index < -0.39 is 0 Å². The van der Waals surface area contributed by atoms with Crippen LogP contribution in [0, 0.1) is 5.92 Å². The van der Waals surface area contributed by atoms with Gasteiger partial charge in [0.05, 0.1) is 17.4 Å². The summed E-state index contributed by atoms with van der Waals surface area (Å²) in [4.78, 5) is 0. The number of hydrogen-bond donors (Lipinski definition) is 1. The predicted octanol–water partition coefficient (Wildman–Crippen LogP) is 2.07. The zero-order valence-electron chi connectivity index (χ0n) is 10.7. The third-order valence-corrected chi connectivity index (χ3v) is 4.44. The van der Waals surface area contributed by atoms with Crippen LogP contribution in [0.2, 0.25) is 0 Å². The second-order valence-corrected chi connectivity index (χ2v) is 5.44. The van der Waals surface area contributed by atoms with Crippen LogP contribution in [0.1, 0.15) is 56.5 Å². The van der Waals surface area contributed by atoms with E-state index in [0.717, 1.165) is 25.4 Å². The first-order valence-electron chi connectivity index (χ1n) is 7.02. The number of nitrogens with one attached hydrogen (secondary N) is 1. The van der Waals surface area contributed by atoms with Crippen molar-refractivity contribution < 1.29 is 0 Å². The molecule has 1 aliphatic carbocycles. The lowest BCUT2D eigenvalue weighted by molar-refractivity contribution is 0.249. The van der Waals surface area contributed by atoms with E-state index in [4.69, 9.17) is 0 Å². The van der Waals surface area contributed by atoms with Gasteiger partial charge in [-0.1, -0.05) is 18.6 Å². The van der Waals surface area contributed by atoms with Crippen molar-refractivity contribution >= 4 is 0 Å². The van der Waals surface area contributed by atoms with Gasteiger partial charge in [-0.05, 0) is 31.6 Å². The van der Waals surface area contributed by atoms with E-state index in [2.05, 4.69) is 27.2 Å². The van der Waals surface area contributed by atoms with E-state index in [9.17, 15) is 0 Å². The highest BCUT2D eigenvalue weighted by atomic mass is 15.4. The zero-order valence-corrected chi connectivity index (χ0v) is 10.7. The molecule has 0 unspecified atom stereocenters. The molecule has 2 aliphatic rings. The van der Waals surface area contributed by atoms with Gasteiger partial charge in [-0.3, -0.25) is 0 Å². The van der Waals surface area contributed by atoms with Crippen LogP contribution in [-0.2, 0) is 13.0 Å². The Bertz CT molecular complexity index is 377. The van der Waals surface area contributed by atoms with Crippen molar-refractivity contribution in [3.8, 4) is 0 Å². The Morgan fingerprint density at radius 3 is 2.88 bits per heavy atom. The molecule has 1 saturated carbocycles. The third kappa shape index (κ3) is 2.10. The van der Waals surface area contributed by atoms with Gasteiger partial charge in [0.15, 0.2) is 0 Å².